The number of carbonyl (C=O) groups excluding carboxylic acids is 1. The average molecular weight is 543 g/mol. The average Bonchev–Trinajstić information content (AvgIpc) is 3.41. The van der Waals surface area contributed by atoms with Gasteiger partial charge >= 0.3 is 0 Å². The lowest BCUT2D eigenvalue weighted by Gasteiger charge is -2.17. The third kappa shape index (κ3) is 9.74. The van der Waals surface area contributed by atoms with Gasteiger partial charge in [-0.1, -0.05) is 72.8 Å². The number of nitrogens with zero attached hydrogens (tertiary/aromatic N) is 3. The van der Waals surface area contributed by atoms with Crippen molar-refractivity contribution in [3.8, 4) is 17.2 Å². The highest BCUT2D eigenvalue weighted by molar-refractivity contribution is 7.98. The summed E-state index contributed by atoms with van der Waals surface area (Å²) in [4.78, 5) is 14.3. The number of amides is 1. The molecule has 3 aromatic carbocycles. The highest BCUT2D eigenvalue weighted by atomic mass is 32.2. The van der Waals surface area contributed by atoms with Crippen LogP contribution < -0.4 is 10.1 Å². The van der Waals surface area contributed by atoms with Crippen LogP contribution in [0.5, 0.6) is 5.75 Å². The van der Waals surface area contributed by atoms with Gasteiger partial charge < -0.3 is 19.4 Å². The van der Waals surface area contributed by atoms with Crippen LogP contribution in [0.1, 0.15) is 17.0 Å². The van der Waals surface area contributed by atoms with Crippen LogP contribution in [-0.4, -0.2) is 60.0 Å². The Morgan fingerprint density at radius 1 is 1.00 bits per heavy atom. The van der Waals surface area contributed by atoms with E-state index in [4.69, 9.17) is 9.15 Å². The van der Waals surface area contributed by atoms with E-state index in [-0.39, 0.29) is 11.9 Å². The van der Waals surface area contributed by atoms with Crippen LogP contribution in [-0.2, 0) is 17.0 Å². The molecule has 0 aliphatic carbocycles. The van der Waals surface area contributed by atoms with Crippen molar-refractivity contribution in [2.24, 2.45) is 0 Å². The molecule has 0 fully saturated rings. The third-order valence-electron chi connectivity index (χ3n) is 5.72. The molecule has 7 nitrogen and oxygen atoms in total. The summed E-state index contributed by atoms with van der Waals surface area (Å²) in [6, 6.07) is 27.8. The smallest absolute Gasteiger partial charge is 0.247 e. The minimum Gasteiger partial charge on any atom is -0.493 e. The number of para-hydroxylation sites is 1. The Bertz CT molecular complexity index is 1310. The Morgan fingerprint density at radius 3 is 2.44 bits per heavy atom. The summed E-state index contributed by atoms with van der Waals surface area (Å²) >= 11 is 1.69. The molecular weight excluding hydrogens is 508 g/mol. The number of rotatable bonds is 14. The van der Waals surface area contributed by atoms with Crippen molar-refractivity contribution in [1.82, 2.24) is 20.4 Å². The predicted molar refractivity (Wildman–Crippen MR) is 157 cm³/mol. The highest BCUT2D eigenvalue weighted by Crippen LogP contribution is 2.21. The molecule has 0 spiro atoms. The van der Waals surface area contributed by atoms with Crippen molar-refractivity contribution in [3.63, 3.8) is 0 Å². The molecule has 4 aromatic rings. The summed E-state index contributed by atoms with van der Waals surface area (Å²) in [6.45, 7) is 0.968. The fourth-order valence-electron chi connectivity index (χ4n) is 3.86. The molecule has 0 saturated heterocycles. The monoisotopic (exact) mass is 542 g/mol. The van der Waals surface area contributed by atoms with E-state index in [1.165, 1.54) is 5.56 Å². The van der Waals surface area contributed by atoms with E-state index in [1.807, 2.05) is 104 Å². The maximum atomic E-state index is 12.4. The first-order chi connectivity index (χ1) is 19.0. The maximum Gasteiger partial charge on any atom is 0.247 e. The molecule has 1 aromatic heterocycles. The van der Waals surface area contributed by atoms with Crippen molar-refractivity contribution in [2.75, 3.05) is 33.0 Å². The second-order valence-corrected chi connectivity index (χ2v) is 10.4. The van der Waals surface area contributed by atoms with Crippen LogP contribution >= 0.6 is 11.8 Å². The van der Waals surface area contributed by atoms with Gasteiger partial charge in [0.1, 0.15) is 5.75 Å². The molecule has 1 heterocycles. The Hall–Kier alpha value is -3.88. The van der Waals surface area contributed by atoms with Gasteiger partial charge in [-0.15, -0.1) is 22.0 Å². The van der Waals surface area contributed by atoms with E-state index in [0.717, 1.165) is 29.1 Å². The van der Waals surface area contributed by atoms with Gasteiger partial charge in [0.15, 0.2) is 0 Å². The van der Waals surface area contributed by atoms with Gasteiger partial charge in [-0.05, 0) is 55.9 Å². The van der Waals surface area contributed by atoms with Gasteiger partial charge in [0.2, 0.25) is 17.7 Å². The molecule has 1 amide bonds. The zero-order chi connectivity index (χ0) is 27.3. The molecule has 4 rings (SSSR count). The Labute approximate surface area is 234 Å². The van der Waals surface area contributed by atoms with Crippen LogP contribution in [0, 0.1) is 0 Å². The molecule has 1 N–H and O–H groups in total. The fourth-order valence-corrected chi connectivity index (χ4v) is 4.50. The molecule has 39 heavy (non-hydrogen) atoms. The van der Waals surface area contributed by atoms with Crippen LogP contribution in [0.25, 0.3) is 17.5 Å². The summed E-state index contributed by atoms with van der Waals surface area (Å²) in [6.07, 6.45) is 4.79. The normalized spacial score (nSPS) is 12.1. The van der Waals surface area contributed by atoms with Crippen LogP contribution in [0.15, 0.2) is 95.4 Å². The van der Waals surface area contributed by atoms with E-state index in [0.29, 0.717) is 30.7 Å². The summed E-state index contributed by atoms with van der Waals surface area (Å²) in [5, 5.41) is 11.5. The number of ether oxygens (including phenoxy) is 1. The first-order valence-electron chi connectivity index (χ1n) is 12.9. The van der Waals surface area contributed by atoms with Crippen LogP contribution in [0.4, 0.5) is 0 Å². The lowest BCUT2D eigenvalue weighted by Crippen LogP contribution is -2.40. The van der Waals surface area contributed by atoms with Crippen LogP contribution in [0.3, 0.4) is 0 Å². The summed E-state index contributed by atoms with van der Waals surface area (Å²) in [7, 11) is 3.77. The SMILES string of the molecule is CN(C)CC(=O)NC(C=Cc1ccc(-c2nnc(CSCCOc3ccccc3)o2)cc1)Cc1ccccc1. The van der Waals surface area contributed by atoms with Crippen molar-refractivity contribution >= 4 is 23.7 Å². The highest BCUT2D eigenvalue weighted by Gasteiger charge is 2.12. The van der Waals surface area contributed by atoms with E-state index >= 15 is 0 Å². The molecule has 8 heteroatoms. The number of benzene rings is 3. The fraction of sp³-hybridized carbons (Fsp3) is 0.258. The topological polar surface area (TPSA) is 80.5 Å². The predicted octanol–water partition coefficient (Wildman–Crippen LogP) is 5.35. The number of nitrogens with one attached hydrogen (secondary N) is 1. The number of thioether (sulfide) groups is 1. The van der Waals surface area contributed by atoms with Crippen molar-refractivity contribution in [1.29, 1.82) is 0 Å². The second kappa shape index (κ2) is 14.9. The zero-order valence-corrected chi connectivity index (χ0v) is 23.1. The molecule has 0 aliphatic rings. The standard InChI is InChI=1S/C31H34N4O3S/c1-35(2)22-29(36)32-27(21-25-9-5-3-6-10-25)18-15-24-13-16-26(17-14-24)31-34-33-30(38-31)23-39-20-19-37-28-11-7-4-8-12-28/h3-18,27H,19-23H2,1-2H3,(H,32,36). The number of hydrogen-bond acceptors (Lipinski definition) is 7. The van der Waals surface area contributed by atoms with Crippen molar-refractivity contribution in [2.45, 2.75) is 18.2 Å². The third-order valence-corrected chi connectivity index (χ3v) is 6.62. The molecular formula is C31H34N4O3S. The Kier molecular flexibility index (Phi) is 10.7. The van der Waals surface area contributed by atoms with E-state index in [2.05, 4.69) is 27.6 Å². The van der Waals surface area contributed by atoms with Crippen molar-refractivity contribution < 1.29 is 13.9 Å². The quantitative estimate of drug-likeness (QED) is 0.215. The van der Waals surface area contributed by atoms with Crippen molar-refractivity contribution in [3.05, 3.63) is 108 Å². The minimum atomic E-state index is -0.117. The molecule has 1 unspecified atom stereocenters. The van der Waals surface area contributed by atoms with Gasteiger partial charge in [-0.3, -0.25) is 4.79 Å². The van der Waals surface area contributed by atoms with E-state index in [9.17, 15) is 4.79 Å². The molecule has 0 saturated carbocycles. The summed E-state index contributed by atoms with van der Waals surface area (Å²) in [5.41, 5.74) is 3.05. The van der Waals surface area contributed by atoms with Crippen LogP contribution in [0.2, 0.25) is 0 Å². The molecule has 0 bridgehead atoms. The van der Waals surface area contributed by atoms with E-state index < -0.39 is 0 Å². The molecule has 1 atom stereocenters. The number of aromatic nitrogens is 2. The summed E-state index contributed by atoms with van der Waals surface area (Å²) in [5.74, 6) is 3.42. The number of likely N-dealkylation sites (N-methyl/N-ethyl adjacent to an activating group) is 1. The number of carbonyl (C=O) groups is 1. The molecule has 202 valence electrons. The Balaban J connectivity index is 1.29. The molecule has 0 radical (unpaired) electrons. The summed E-state index contributed by atoms with van der Waals surface area (Å²) < 4.78 is 11.6. The molecule has 0 aliphatic heterocycles. The minimum absolute atomic E-state index is 0.00462. The van der Waals surface area contributed by atoms with Gasteiger partial charge in [0.25, 0.3) is 0 Å². The lowest BCUT2D eigenvalue weighted by atomic mass is 10.0. The Morgan fingerprint density at radius 2 is 1.72 bits per heavy atom. The zero-order valence-electron chi connectivity index (χ0n) is 22.3. The van der Waals surface area contributed by atoms with Gasteiger partial charge in [0, 0.05) is 11.3 Å². The van der Waals surface area contributed by atoms with Gasteiger partial charge in [0.05, 0.1) is 24.9 Å². The number of hydrogen-bond donors (Lipinski definition) is 1. The first-order valence-corrected chi connectivity index (χ1v) is 14.1. The first kappa shape index (κ1) is 28.1. The second-order valence-electron chi connectivity index (χ2n) is 9.30. The maximum absolute atomic E-state index is 12.4. The van der Waals surface area contributed by atoms with Gasteiger partial charge in [-0.2, -0.15) is 0 Å². The van der Waals surface area contributed by atoms with Gasteiger partial charge in [-0.25, -0.2) is 0 Å². The lowest BCUT2D eigenvalue weighted by molar-refractivity contribution is -0.122. The van der Waals surface area contributed by atoms with E-state index in [1.54, 1.807) is 11.8 Å². The largest absolute Gasteiger partial charge is 0.493 e.